The Kier molecular flexibility index (Phi) is 4.88. The monoisotopic (exact) mass is 364 g/mol. The van der Waals surface area contributed by atoms with Gasteiger partial charge in [-0.1, -0.05) is 18.2 Å². The highest BCUT2D eigenvalue weighted by Gasteiger charge is 2.30. The molecule has 2 aromatic rings. The van der Waals surface area contributed by atoms with Crippen LogP contribution in [0.25, 0.3) is 6.08 Å². The molecule has 0 N–H and O–H groups in total. The van der Waals surface area contributed by atoms with E-state index >= 15 is 0 Å². The molecule has 0 amide bonds. The van der Waals surface area contributed by atoms with E-state index in [1.165, 1.54) is 31.4 Å². The van der Waals surface area contributed by atoms with E-state index in [0.717, 1.165) is 12.1 Å². The van der Waals surface area contributed by atoms with Gasteiger partial charge in [0.1, 0.15) is 13.2 Å². The van der Waals surface area contributed by atoms with Crippen LogP contribution in [0.15, 0.2) is 42.5 Å². The van der Waals surface area contributed by atoms with Gasteiger partial charge in [-0.2, -0.15) is 13.2 Å². The molecule has 136 valence electrons. The maximum absolute atomic E-state index is 12.8. The number of ketones is 1. The van der Waals surface area contributed by atoms with Crippen molar-refractivity contribution in [2.45, 2.75) is 6.18 Å². The molecule has 26 heavy (non-hydrogen) atoms. The SMILES string of the molecule is COc1cc(/C=C/C(=O)c2cccc(C(F)(F)F)c2)cc2c1OCCO2. The first-order valence-corrected chi connectivity index (χ1v) is 7.76. The Hall–Kier alpha value is -2.96. The van der Waals surface area contributed by atoms with Crippen LogP contribution in [0.1, 0.15) is 21.5 Å². The number of methoxy groups -OCH3 is 1. The van der Waals surface area contributed by atoms with Gasteiger partial charge in [0.15, 0.2) is 17.3 Å². The quantitative estimate of drug-likeness (QED) is 0.597. The molecule has 1 heterocycles. The van der Waals surface area contributed by atoms with Crippen LogP contribution in [0.2, 0.25) is 0 Å². The first-order chi connectivity index (χ1) is 12.4. The van der Waals surface area contributed by atoms with Crippen molar-refractivity contribution in [3.05, 3.63) is 59.2 Å². The minimum atomic E-state index is -4.50. The zero-order chi connectivity index (χ0) is 18.7. The summed E-state index contributed by atoms with van der Waals surface area (Å²) in [6.07, 6.45) is -1.80. The molecule has 0 radical (unpaired) electrons. The van der Waals surface area contributed by atoms with Crippen LogP contribution in [0.5, 0.6) is 17.2 Å². The third-order valence-electron chi connectivity index (χ3n) is 3.75. The number of halogens is 3. The van der Waals surface area contributed by atoms with Crippen molar-refractivity contribution in [2.24, 2.45) is 0 Å². The van der Waals surface area contributed by atoms with Crippen molar-refractivity contribution in [1.29, 1.82) is 0 Å². The number of ether oxygens (including phenoxy) is 3. The first-order valence-electron chi connectivity index (χ1n) is 7.76. The van der Waals surface area contributed by atoms with Gasteiger partial charge in [-0.15, -0.1) is 0 Å². The average Bonchev–Trinajstić information content (AvgIpc) is 2.64. The second-order valence-electron chi connectivity index (χ2n) is 5.52. The fraction of sp³-hybridized carbons (Fsp3) is 0.211. The van der Waals surface area contributed by atoms with E-state index in [9.17, 15) is 18.0 Å². The lowest BCUT2D eigenvalue weighted by molar-refractivity contribution is -0.137. The molecule has 2 aromatic carbocycles. The number of rotatable bonds is 4. The van der Waals surface area contributed by atoms with Crippen molar-refractivity contribution >= 4 is 11.9 Å². The fourth-order valence-electron chi connectivity index (χ4n) is 2.51. The molecule has 0 fully saturated rings. The summed E-state index contributed by atoms with van der Waals surface area (Å²) in [6, 6.07) is 7.63. The summed E-state index contributed by atoms with van der Waals surface area (Å²) < 4.78 is 54.5. The van der Waals surface area contributed by atoms with Crippen LogP contribution in [-0.4, -0.2) is 26.1 Å². The number of hydrogen-bond donors (Lipinski definition) is 0. The number of carbonyl (C=O) groups is 1. The first kappa shape index (κ1) is 17.8. The van der Waals surface area contributed by atoms with Crippen LogP contribution in [-0.2, 0) is 6.18 Å². The Morgan fingerprint density at radius 2 is 1.92 bits per heavy atom. The molecule has 0 aliphatic carbocycles. The number of allylic oxidation sites excluding steroid dienone is 1. The molecule has 0 saturated heterocycles. The minimum Gasteiger partial charge on any atom is -0.493 e. The number of benzene rings is 2. The van der Waals surface area contributed by atoms with Gasteiger partial charge in [0.25, 0.3) is 0 Å². The van der Waals surface area contributed by atoms with Crippen LogP contribution in [0, 0.1) is 0 Å². The summed E-state index contributed by atoms with van der Waals surface area (Å²) in [5.74, 6) is 0.889. The fourth-order valence-corrected chi connectivity index (χ4v) is 2.51. The molecule has 3 rings (SSSR count). The third-order valence-corrected chi connectivity index (χ3v) is 3.75. The lowest BCUT2D eigenvalue weighted by Crippen LogP contribution is -2.16. The molecule has 1 aliphatic heterocycles. The molecule has 7 heteroatoms. The van der Waals surface area contributed by atoms with Crippen molar-refractivity contribution in [1.82, 2.24) is 0 Å². The van der Waals surface area contributed by atoms with Gasteiger partial charge in [0, 0.05) is 5.56 Å². The summed E-state index contributed by atoms with van der Waals surface area (Å²) in [6.45, 7) is 0.805. The minimum absolute atomic E-state index is 0.0411. The summed E-state index contributed by atoms with van der Waals surface area (Å²) in [5.41, 5.74) is -0.301. The van der Waals surface area contributed by atoms with E-state index in [2.05, 4.69) is 0 Å². The molecular weight excluding hydrogens is 349 g/mol. The average molecular weight is 364 g/mol. The van der Waals surface area contributed by atoms with Crippen molar-refractivity contribution < 1.29 is 32.2 Å². The van der Waals surface area contributed by atoms with Gasteiger partial charge >= 0.3 is 6.18 Å². The van der Waals surface area contributed by atoms with Crippen LogP contribution in [0.3, 0.4) is 0 Å². The van der Waals surface area contributed by atoms with Gasteiger partial charge < -0.3 is 14.2 Å². The molecule has 0 spiro atoms. The Balaban J connectivity index is 1.85. The number of alkyl halides is 3. The van der Waals surface area contributed by atoms with Gasteiger partial charge in [0.05, 0.1) is 12.7 Å². The van der Waals surface area contributed by atoms with Crippen molar-refractivity contribution in [3.63, 3.8) is 0 Å². The maximum atomic E-state index is 12.8. The zero-order valence-corrected chi connectivity index (χ0v) is 13.8. The highest BCUT2D eigenvalue weighted by atomic mass is 19.4. The Bertz CT molecular complexity index is 839. The lowest BCUT2D eigenvalue weighted by atomic mass is 10.1. The van der Waals surface area contributed by atoms with E-state index in [-0.39, 0.29) is 5.56 Å². The normalized spacial score (nSPS) is 13.7. The highest BCUT2D eigenvalue weighted by Crippen LogP contribution is 2.40. The van der Waals surface area contributed by atoms with E-state index in [1.54, 1.807) is 12.1 Å². The zero-order valence-electron chi connectivity index (χ0n) is 13.8. The van der Waals surface area contributed by atoms with Gasteiger partial charge in [-0.05, 0) is 35.9 Å². The van der Waals surface area contributed by atoms with Crippen molar-refractivity contribution in [3.8, 4) is 17.2 Å². The molecular formula is C19H15F3O4. The van der Waals surface area contributed by atoms with Gasteiger partial charge in [-0.3, -0.25) is 4.79 Å². The largest absolute Gasteiger partial charge is 0.493 e. The number of hydrogen-bond acceptors (Lipinski definition) is 4. The Morgan fingerprint density at radius 3 is 2.65 bits per heavy atom. The van der Waals surface area contributed by atoms with Crippen LogP contribution < -0.4 is 14.2 Å². The topological polar surface area (TPSA) is 44.8 Å². The van der Waals surface area contributed by atoms with Crippen LogP contribution in [0.4, 0.5) is 13.2 Å². The summed E-state index contributed by atoms with van der Waals surface area (Å²) >= 11 is 0. The van der Waals surface area contributed by atoms with Crippen molar-refractivity contribution in [2.75, 3.05) is 20.3 Å². The second-order valence-corrected chi connectivity index (χ2v) is 5.52. The molecule has 0 bridgehead atoms. The molecule has 4 nitrogen and oxygen atoms in total. The second kappa shape index (κ2) is 7.11. The van der Waals surface area contributed by atoms with E-state index in [4.69, 9.17) is 14.2 Å². The predicted molar refractivity (Wildman–Crippen MR) is 88.8 cm³/mol. The number of carbonyl (C=O) groups excluding carboxylic acids is 1. The summed E-state index contributed by atoms with van der Waals surface area (Å²) in [7, 11) is 1.48. The van der Waals surface area contributed by atoms with E-state index in [1.807, 2.05) is 0 Å². The standard InChI is InChI=1S/C19H15F3O4/c1-24-16-9-12(10-17-18(16)26-8-7-25-17)5-6-15(23)13-3-2-4-14(11-13)19(20,21)22/h2-6,9-11H,7-8H2,1H3/b6-5+. The molecule has 0 atom stereocenters. The highest BCUT2D eigenvalue weighted by molar-refractivity contribution is 6.07. The Morgan fingerprint density at radius 1 is 1.15 bits per heavy atom. The third kappa shape index (κ3) is 3.82. The van der Waals surface area contributed by atoms with Gasteiger partial charge in [0.2, 0.25) is 5.75 Å². The molecule has 0 unspecified atom stereocenters. The molecule has 0 aromatic heterocycles. The van der Waals surface area contributed by atoms with E-state index in [0.29, 0.717) is 36.0 Å². The summed E-state index contributed by atoms with van der Waals surface area (Å²) in [5, 5.41) is 0. The lowest BCUT2D eigenvalue weighted by Gasteiger charge is -2.20. The number of fused-ring (bicyclic) bond motifs is 1. The molecule has 0 saturated carbocycles. The smallest absolute Gasteiger partial charge is 0.416 e. The maximum Gasteiger partial charge on any atom is 0.416 e. The van der Waals surface area contributed by atoms with E-state index < -0.39 is 17.5 Å². The summed E-state index contributed by atoms with van der Waals surface area (Å²) in [4.78, 5) is 12.2. The van der Waals surface area contributed by atoms with Gasteiger partial charge in [-0.25, -0.2) is 0 Å². The molecule has 1 aliphatic rings. The Labute approximate surface area is 147 Å². The van der Waals surface area contributed by atoms with Crippen LogP contribution >= 0.6 is 0 Å². The predicted octanol–water partition coefficient (Wildman–Crippen LogP) is 4.38.